The highest BCUT2D eigenvalue weighted by Gasteiger charge is 2.42. The van der Waals surface area contributed by atoms with Crippen molar-refractivity contribution in [3.63, 3.8) is 0 Å². The van der Waals surface area contributed by atoms with Crippen molar-refractivity contribution in [2.24, 2.45) is 28.8 Å². The Balaban J connectivity index is 0.000000222. The normalized spacial score (nSPS) is 24.3. The monoisotopic (exact) mass is 880 g/mol. The molecule has 0 aromatic heterocycles. The third kappa shape index (κ3) is 11.1. The van der Waals surface area contributed by atoms with Crippen molar-refractivity contribution in [1.29, 1.82) is 10.5 Å². The van der Waals surface area contributed by atoms with E-state index in [-0.39, 0.29) is 39.6 Å². The molecule has 320 valence electrons. The summed E-state index contributed by atoms with van der Waals surface area (Å²) in [7, 11) is 1.00. The van der Waals surface area contributed by atoms with Crippen molar-refractivity contribution in [3.8, 4) is 12.1 Å². The van der Waals surface area contributed by atoms with Crippen LogP contribution in [0.4, 0.5) is 11.4 Å². The minimum atomic E-state index is -0.859. The first-order valence-corrected chi connectivity index (χ1v) is 21.0. The van der Waals surface area contributed by atoms with Crippen LogP contribution in [0, 0.1) is 72.6 Å². The molecule has 6 aliphatic rings. The van der Waals surface area contributed by atoms with Crippen molar-refractivity contribution in [2.75, 3.05) is 17.8 Å². The Morgan fingerprint density at radius 3 is 1.46 bits per heavy atom. The van der Waals surface area contributed by atoms with Gasteiger partial charge in [-0.2, -0.15) is 0 Å². The highest BCUT2D eigenvalue weighted by molar-refractivity contribution is 6.40. The molecular weight excluding hydrogens is 836 g/mol. The molecule has 2 aromatic carbocycles. The average molecular weight is 882 g/mol. The van der Waals surface area contributed by atoms with E-state index in [1.807, 2.05) is 44.2 Å². The number of halogens is 2. The number of hydrogen-bond acceptors (Lipinski definition) is 7. The Morgan fingerprint density at radius 1 is 0.746 bits per heavy atom. The minimum Gasteiger partial charge on any atom is -0.505 e. The number of alkyl halides is 2. The van der Waals surface area contributed by atoms with Gasteiger partial charge in [0.25, 0.3) is 11.4 Å². The first kappa shape index (κ1) is 48.7. The van der Waals surface area contributed by atoms with Crippen molar-refractivity contribution in [3.05, 3.63) is 174 Å². The number of azide groups is 1. The van der Waals surface area contributed by atoms with Crippen molar-refractivity contribution in [2.45, 2.75) is 77.0 Å². The lowest BCUT2D eigenvalue weighted by Crippen LogP contribution is -2.25. The Hall–Kier alpha value is -6.93. The zero-order valence-electron chi connectivity index (χ0n) is 35.6. The molecule has 0 saturated heterocycles. The van der Waals surface area contributed by atoms with Gasteiger partial charge >= 0.3 is 0 Å². The van der Waals surface area contributed by atoms with Crippen LogP contribution in [-0.2, 0) is 9.47 Å². The van der Waals surface area contributed by atoms with Gasteiger partial charge < -0.3 is 19.9 Å². The number of aliphatic hydroxyl groups is 1. The number of nitriles is 2. The van der Waals surface area contributed by atoms with Crippen molar-refractivity contribution < 1.29 is 14.6 Å². The molecule has 0 spiro atoms. The number of ether oxygens (including phenoxy) is 2. The molecule has 2 heterocycles. The maximum atomic E-state index is 9.21. The van der Waals surface area contributed by atoms with Crippen LogP contribution in [0.15, 0.2) is 112 Å². The van der Waals surface area contributed by atoms with Crippen LogP contribution >= 0.6 is 23.2 Å². The fraction of sp³-hybridized carbons (Fsp3) is 0.375. The molecule has 13 nitrogen and oxygen atoms in total. The van der Waals surface area contributed by atoms with Gasteiger partial charge in [0.15, 0.2) is 0 Å². The molecule has 2 aliphatic heterocycles. The Bertz CT molecular complexity index is 2480. The summed E-state index contributed by atoms with van der Waals surface area (Å²) in [5.74, 6) is 3.32. The number of aliphatic hydroxyl groups excluding tert-OH is 1. The van der Waals surface area contributed by atoms with Gasteiger partial charge in [-0.25, -0.2) is 29.9 Å². The first-order chi connectivity index (χ1) is 30.3. The molecule has 2 aromatic rings. The summed E-state index contributed by atoms with van der Waals surface area (Å²) in [6.45, 7) is 36.5. The lowest BCUT2D eigenvalue weighted by molar-refractivity contribution is 0.108. The fourth-order valence-electron chi connectivity index (χ4n) is 8.64. The van der Waals surface area contributed by atoms with E-state index in [2.05, 4.69) is 59.0 Å². The molecule has 15 heteroatoms. The SMILES string of the molecule is C1=CC2CCC1C2.CO.ClCCl.[C-]#[N+]C1=C(c2ccc(N=[N+]=[N-])cc2)C(C)(C)O/C1=C(\C#N)[N+]#[C-].[C-]#[N+]C1=C(c2ccc(NC3C4C=CC3CC4)cc2)C(C)(C)O/C1=C(\C#N)[N+]#[C-]. The van der Waals surface area contributed by atoms with Gasteiger partial charge in [-0.05, 0) is 112 Å². The van der Waals surface area contributed by atoms with E-state index in [1.54, 1.807) is 44.2 Å². The Morgan fingerprint density at radius 2 is 1.16 bits per heavy atom. The molecule has 63 heavy (non-hydrogen) atoms. The number of anilines is 1. The highest BCUT2D eigenvalue weighted by atomic mass is 35.5. The second-order valence-electron chi connectivity index (χ2n) is 15.8. The second-order valence-corrected chi connectivity index (χ2v) is 16.6. The Labute approximate surface area is 379 Å². The molecule has 2 saturated carbocycles. The van der Waals surface area contributed by atoms with Gasteiger partial charge in [-0.1, -0.05) is 65.8 Å². The summed E-state index contributed by atoms with van der Waals surface area (Å²) in [4.78, 5) is 16.1. The summed E-state index contributed by atoms with van der Waals surface area (Å²) >= 11 is 9.53. The first-order valence-electron chi connectivity index (χ1n) is 20.0. The number of hydrogen-bond donors (Lipinski definition) is 2. The van der Waals surface area contributed by atoms with Gasteiger partial charge in [-0.15, -0.1) is 23.2 Å². The molecular formula is C48H46Cl2N10O3. The van der Waals surface area contributed by atoms with Crippen LogP contribution in [-0.4, -0.2) is 34.8 Å². The number of nitrogens with zero attached hydrogens (tertiary/aromatic N) is 9. The smallest absolute Gasteiger partial charge is 0.292 e. The predicted molar refractivity (Wildman–Crippen MR) is 245 cm³/mol. The standard InChI is InChI=1S/C23H20N4O.C16H10N6O.C7H10.CH2Cl2.CH4O/c1-23(2)19(21(26-4)22(28-23)18(13-24)25-3)14-9-11-17(12-10-14)27-20-15-5-6-16(20)8-7-15;1-16(2)13(10-5-7-11(8-6-10)21-22-18)14(20-4)15(23-16)12(9-17)19-3;1-2-7-4-3-6(1)5-7;2-1-3;1-2/h5-6,9-12,15-16,20,27H,7-8H2,1-2H3;5-8H,1-2H3;1-2,6-7H,3-5H2;1H2;2H,1H3/b22-18+;15-12+;;;. The van der Waals surface area contributed by atoms with Crippen LogP contribution in [0.5, 0.6) is 0 Å². The summed E-state index contributed by atoms with van der Waals surface area (Å²) in [5.41, 5.74) is 11.1. The van der Waals surface area contributed by atoms with Crippen LogP contribution in [0.2, 0.25) is 0 Å². The Kier molecular flexibility index (Phi) is 17.2. The third-order valence-corrected chi connectivity index (χ3v) is 11.3. The fourth-order valence-corrected chi connectivity index (χ4v) is 8.64. The maximum absolute atomic E-state index is 9.21. The molecule has 4 aliphatic carbocycles. The number of rotatable bonds is 5. The number of fused-ring (bicyclic) bond motifs is 4. The van der Waals surface area contributed by atoms with E-state index >= 15 is 0 Å². The van der Waals surface area contributed by atoms with Crippen LogP contribution in [0.25, 0.3) is 41.0 Å². The number of benzene rings is 2. The van der Waals surface area contributed by atoms with Gasteiger partial charge in [0, 0.05) is 40.6 Å². The molecule has 4 unspecified atom stereocenters. The molecule has 0 radical (unpaired) electrons. The molecule has 8 rings (SSSR count). The van der Waals surface area contributed by atoms with Crippen LogP contribution in [0.1, 0.15) is 70.9 Å². The summed E-state index contributed by atoms with van der Waals surface area (Å²) in [5, 5.41) is 32.6. The average Bonchev–Trinajstić information content (AvgIpc) is 4.17. The number of nitrogens with one attached hydrogen (secondary N) is 1. The lowest BCUT2D eigenvalue weighted by Gasteiger charge is -2.24. The lowest BCUT2D eigenvalue weighted by atomic mass is 9.91. The van der Waals surface area contributed by atoms with Gasteiger partial charge in [0.05, 0.1) is 43.8 Å². The van der Waals surface area contributed by atoms with E-state index in [0.29, 0.717) is 40.3 Å². The zero-order chi connectivity index (χ0) is 46.3. The molecule has 2 fully saturated rings. The van der Waals surface area contributed by atoms with E-state index in [1.165, 1.54) is 32.1 Å². The van der Waals surface area contributed by atoms with Crippen molar-refractivity contribution >= 4 is 45.7 Å². The van der Waals surface area contributed by atoms with E-state index in [4.69, 9.17) is 74.9 Å². The molecule has 4 atom stereocenters. The predicted octanol–water partition coefficient (Wildman–Crippen LogP) is 12.9. The minimum absolute atomic E-state index is 0.0108. The molecule has 4 bridgehead atoms. The van der Waals surface area contributed by atoms with E-state index in [0.717, 1.165) is 30.2 Å². The number of allylic oxidation sites excluding steroid dienone is 4. The van der Waals surface area contributed by atoms with Crippen LogP contribution < -0.4 is 5.32 Å². The largest absolute Gasteiger partial charge is 0.505 e. The second kappa shape index (κ2) is 22.2. The maximum Gasteiger partial charge on any atom is 0.292 e. The third-order valence-electron chi connectivity index (χ3n) is 11.3. The summed E-state index contributed by atoms with van der Waals surface area (Å²) < 4.78 is 11.6. The molecule has 0 amide bonds. The van der Waals surface area contributed by atoms with E-state index in [9.17, 15) is 5.26 Å². The van der Waals surface area contributed by atoms with Gasteiger partial charge in [-0.3, -0.25) is 0 Å². The topological polar surface area (TPSA) is 164 Å². The summed E-state index contributed by atoms with van der Waals surface area (Å²) in [6.07, 6.45) is 16.3. The van der Waals surface area contributed by atoms with Crippen LogP contribution in [0.3, 0.4) is 0 Å². The molecule has 2 N–H and O–H groups in total. The van der Waals surface area contributed by atoms with E-state index < -0.39 is 11.2 Å². The van der Waals surface area contributed by atoms with Gasteiger partial charge in [0.2, 0.25) is 11.4 Å². The highest BCUT2D eigenvalue weighted by Crippen LogP contribution is 2.48. The quantitative estimate of drug-likeness (QED) is 0.0577. The van der Waals surface area contributed by atoms with Crippen molar-refractivity contribution in [1.82, 2.24) is 0 Å². The zero-order valence-corrected chi connectivity index (χ0v) is 37.1. The van der Waals surface area contributed by atoms with Gasteiger partial charge in [0.1, 0.15) is 22.7 Å². The summed E-state index contributed by atoms with van der Waals surface area (Å²) in [6, 6.07) is 18.8.